The minimum Gasteiger partial charge on any atom is -0.392 e. The number of hydrogen-bond donors (Lipinski definition) is 1. The third-order valence-corrected chi connectivity index (χ3v) is 3.84. The van der Waals surface area contributed by atoms with Gasteiger partial charge in [0.25, 0.3) is 0 Å². The van der Waals surface area contributed by atoms with E-state index in [1.54, 1.807) is 6.07 Å². The second-order valence-electron chi connectivity index (χ2n) is 4.57. The fraction of sp³-hybridized carbons (Fsp3) is 0.200. The first kappa shape index (κ1) is 12.5. The smallest absolute Gasteiger partial charge is 0.125 e. The van der Waals surface area contributed by atoms with Crippen molar-refractivity contribution in [2.45, 2.75) is 13.0 Å². The molecule has 1 heterocycles. The Hall–Kier alpha value is -1.58. The van der Waals surface area contributed by atoms with Crippen molar-refractivity contribution in [3.63, 3.8) is 0 Å². The third kappa shape index (κ3) is 2.09. The van der Waals surface area contributed by atoms with E-state index in [2.05, 4.69) is 0 Å². The second-order valence-corrected chi connectivity index (χ2v) is 4.98. The predicted octanol–water partition coefficient (Wildman–Crippen LogP) is 3.67. The van der Waals surface area contributed by atoms with E-state index in [4.69, 9.17) is 11.6 Å². The van der Waals surface area contributed by atoms with Gasteiger partial charge in [0.05, 0.1) is 6.61 Å². The van der Waals surface area contributed by atoms with Crippen molar-refractivity contribution in [2.24, 2.45) is 0 Å². The van der Waals surface area contributed by atoms with Crippen LogP contribution < -0.4 is 4.90 Å². The van der Waals surface area contributed by atoms with Gasteiger partial charge in [-0.3, -0.25) is 0 Å². The molecule has 0 aromatic heterocycles. The molecule has 1 aliphatic heterocycles. The minimum absolute atomic E-state index is 0.129. The lowest BCUT2D eigenvalue weighted by molar-refractivity contribution is 0.282. The van der Waals surface area contributed by atoms with E-state index in [-0.39, 0.29) is 12.4 Å². The molecule has 0 bridgehead atoms. The van der Waals surface area contributed by atoms with Gasteiger partial charge in [0, 0.05) is 28.5 Å². The number of rotatable bonds is 2. The molecule has 0 unspecified atom stereocenters. The Kier molecular flexibility index (Phi) is 3.17. The highest BCUT2D eigenvalue weighted by Crippen LogP contribution is 2.38. The van der Waals surface area contributed by atoms with Gasteiger partial charge < -0.3 is 10.0 Å². The maximum absolute atomic E-state index is 13.4. The lowest BCUT2D eigenvalue weighted by Gasteiger charge is -2.23. The first-order valence-electron chi connectivity index (χ1n) is 6.15. The highest BCUT2D eigenvalue weighted by Gasteiger charge is 2.23. The van der Waals surface area contributed by atoms with E-state index in [1.165, 1.54) is 12.1 Å². The Bertz CT molecular complexity index is 630. The second kappa shape index (κ2) is 4.83. The molecule has 0 saturated carbocycles. The molecule has 0 amide bonds. The summed E-state index contributed by atoms with van der Waals surface area (Å²) in [5.41, 5.74) is 3.50. The van der Waals surface area contributed by atoms with Crippen molar-refractivity contribution >= 4 is 23.0 Å². The Morgan fingerprint density at radius 1 is 1.21 bits per heavy atom. The van der Waals surface area contributed by atoms with Gasteiger partial charge in [0.2, 0.25) is 0 Å². The van der Waals surface area contributed by atoms with Crippen LogP contribution in [0.4, 0.5) is 15.8 Å². The Balaban J connectivity index is 2.11. The zero-order chi connectivity index (χ0) is 13.4. The Morgan fingerprint density at radius 3 is 2.84 bits per heavy atom. The third-order valence-electron chi connectivity index (χ3n) is 3.49. The summed E-state index contributed by atoms with van der Waals surface area (Å²) in [4.78, 5) is 2.01. The van der Waals surface area contributed by atoms with E-state index >= 15 is 0 Å². The molecule has 1 N–H and O–H groups in total. The quantitative estimate of drug-likeness (QED) is 0.905. The normalized spacial score (nSPS) is 13.7. The van der Waals surface area contributed by atoms with Crippen LogP contribution in [0.3, 0.4) is 0 Å². The molecule has 2 aromatic rings. The standard InChI is InChI=1S/C15H13ClFNO/c16-13-2-1-3-14(12(13)9-19)18-7-6-10-4-5-11(17)8-15(10)18/h1-5,8,19H,6-7,9H2. The summed E-state index contributed by atoms with van der Waals surface area (Å²) in [6.45, 7) is 0.641. The Labute approximate surface area is 116 Å². The van der Waals surface area contributed by atoms with Crippen LogP contribution in [0.2, 0.25) is 5.02 Å². The van der Waals surface area contributed by atoms with Crippen LogP contribution in [0.25, 0.3) is 0 Å². The van der Waals surface area contributed by atoms with Crippen LogP contribution >= 0.6 is 11.6 Å². The molecule has 0 radical (unpaired) electrons. The van der Waals surface area contributed by atoms with E-state index in [0.717, 1.165) is 29.9 Å². The highest BCUT2D eigenvalue weighted by molar-refractivity contribution is 6.31. The molecule has 19 heavy (non-hydrogen) atoms. The number of nitrogens with zero attached hydrogens (tertiary/aromatic N) is 1. The Morgan fingerprint density at radius 2 is 2.05 bits per heavy atom. The van der Waals surface area contributed by atoms with Gasteiger partial charge in [-0.1, -0.05) is 23.7 Å². The van der Waals surface area contributed by atoms with Crippen LogP contribution in [-0.4, -0.2) is 11.7 Å². The molecule has 0 fully saturated rings. The molecule has 3 rings (SSSR count). The molecular weight excluding hydrogens is 265 g/mol. The molecule has 4 heteroatoms. The monoisotopic (exact) mass is 277 g/mol. The zero-order valence-corrected chi connectivity index (χ0v) is 11.0. The number of aliphatic hydroxyl groups is 1. The molecule has 0 atom stereocenters. The highest BCUT2D eigenvalue weighted by atomic mass is 35.5. The largest absolute Gasteiger partial charge is 0.392 e. The van der Waals surface area contributed by atoms with Crippen molar-refractivity contribution < 1.29 is 9.50 Å². The van der Waals surface area contributed by atoms with E-state index in [9.17, 15) is 9.50 Å². The summed E-state index contributed by atoms with van der Waals surface area (Å²) in [6, 6.07) is 10.3. The molecule has 2 aromatic carbocycles. The lowest BCUT2D eigenvalue weighted by atomic mass is 10.1. The molecule has 2 nitrogen and oxygen atoms in total. The molecule has 98 valence electrons. The van der Waals surface area contributed by atoms with Crippen molar-refractivity contribution in [1.29, 1.82) is 0 Å². The number of halogens is 2. The molecule has 0 saturated heterocycles. The van der Waals surface area contributed by atoms with Gasteiger partial charge >= 0.3 is 0 Å². The summed E-state index contributed by atoms with van der Waals surface area (Å²) in [5.74, 6) is -0.252. The van der Waals surface area contributed by atoms with Crippen LogP contribution in [-0.2, 0) is 13.0 Å². The molecular formula is C15H13ClFNO. The van der Waals surface area contributed by atoms with Gasteiger partial charge in [-0.15, -0.1) is 0 Å². The van der Waals surface area contributed by atoms with E-state index < -0.39 is 0 Å². The molecule has 0 aliphatic carbocycles. The lowest BCUT2D eigenvalue weighted by Crippen LogP contribution is -2.15. The molecule has 1 aliphatic rings. The fourth-order valence-corrected chi connectivity index (χ4v) is 2.79. The van der Waals surface area contributed by atoms with E-state index in [1.807, 2.05) is 23.1 Å². The molecule has 0 spiro atoms. The first-order valence-corrected chi connectivity index (χ1v) is 6.52. The van der Waals surface area contributed by atoms with E-state index in [0.29, 0.717) is 10.6 Å². The maximum Gasteiger partial charge on any atom is 0.125 e. The minimum atomic E-state index is -0.252. The first-order chi connectivity index (χ1) is 9.20. The number of hydrogen-bond acceptors (Lipinski definition) is 2. The van der Waals surface area contributed by atoms with Crippen LogP contribution in [0.5, 0.6) is 0 Å². The summed E-state index contributed by atoms with van der Waals surface area (Å²) in [7, 11) is 0. The number of aliphatic hydroxyl groups excluding tert-OH is 1. The van der Waals surface area contributed by atoms with Gasteiger partial charge in [0.15, 0.2) is 0 Å². The predicted molar refractivity (Wildman–Crippen MR) is 74.5 cm³/mol. The summed E-state index contributed by atoms with van der Waals surface area (Å²) >= 11 is 6.11. The van der Waals surface area contributed by atoms with Crippen molar-refractivity contribution in [1.82, 2.24) is 0 Å². The van der Waals surface area contributed by atoms with Crippen LogP contribution in [0.15, 0.2) is 36.4 Å². The van der Waals surface area contributed by atoms with Crippen LogP contribution in [0, 0.1) is 5.82 Å². The summed E-state index contributed by atoms with van der Waals surface area (Å²) in [5, 5.41) is 10.0. The van der Waals surface area contributed by atoms with Crippen molar-refractivity contribution in [2.75, 3.05) is 11.4 Å². The summed E-state index contributed by atoms with van der Waals surface area (Å²) in [6.07, 6.45) is 0.868. The van der Waals surface area contributed by atoms with Crippen molar-refractivity contribution in [3.05, 3.63) is 58.4 Å². The van der Waals surface area contributed by atoms with Gasteiger partial charge in [-0.25, -0.2) is 4.39 Å². The topological polar surface area (TPSA) is 23.5 Å². The van der Waals surface area contributed by atoms with Gasteiger partial charge in [-0.05, 0) is 36.2 Å². The number of anilines is 2. The van der Waals surface area contributed by atoms with Crippen molar-refractivity contribution in [3.8, 4) is 0 Å². The summed E-state index contributed by atoms with van der Waals surface area (Å²) < 4.78 is 13.4. The maximum atomic E-state index is 13.4. The van der Waals surface area contributed by atoms with Crippen LogP contribution in [0.1, 0.15) is 11.1 Å². The number of fused-ring (bicyclic) bond motifs is 1. The number of benzene rings is 2. The van der Waals surface area contributed by atoms with Gasteiger partial charge in [-0.2, -0.15) is 0 Å². The fourth-order valence-electron chi connectivity index (χ4n) is 2.56. The average molecular weight is 278 g/mol. The van der Waals surface area contributed by atoms with Gasteiger partial charge in [0.1, 0.15) is 5.82 Å². The zero-order valence-electron chi connectivity index (χ0n) is 10.2. The SMILES string of the molecule is OCc1c(Cl)cccc1N1CCc2ccc(F)cc21. The average Bonchev–Trinajstić information content (AvgIpc) is 2.81.